The number of nitrogens with two attached hydrogens (primary N) is 1. The van der Waals surface area contributed by atoms with Crippen LogP contribution in [-0.4, -0.2) is 36.5 Å². The molecule has 1 aliphatic heterocycles. The van der Waals surface area contributed by atoms with Crippen LogP contribution in [0.1, 0.15) is 12.8 Å². The smallest absolute Gasteiger partial charge is 0.260 e. The zero-order valence-electron chi connectivity index (χ0n) is 10.4. The lowest BCUT2D eigenvalue weighted by Crippen LogP contribution is -2.44. The Balaban J connectivity index is 1.86. The maximum Gasteiger partial charge on any atom is 0.260 e. The molecule has 1 amide bonds. The van der Waals surface area contributed by atoms with Crippen molar-refractivity contribution in [1.82, 2.24) is 4.90 Å². The second-order valence-electron chi connectivity index (χ2n) is 4.61. The minimum absolute atomic E-state index is 0.0135. The Bertz CT molecular complexity index is 440. The molecule has 6 heteroatoms. The number of hydrogen-bond donors (Lipinski definition) is 1. The SMILES string of the molecule is NC1CCN(C(=O)COc2cc(F)cc(F)c2)CC1. The van der Waals surface area contributed by atoms with Crippen molar-refractivity contribution < 1.29 is 18.3 Å². The van der Waals surface area contributed by atoms with Gasteiger partial charge in [-0.15, -0.1) is 0 Å². The highest BCUT2D eigenvalue weighted by atomic mass is 19.1. The first-order chi connectivity index (χ1) is 9.04. The Morgan fingerprint density at radius 2 is 1.84 bits per heavy atom. The lowest BCUT2D eigenvalue weighted by Gasteiger charge is -2.30. The molecule has 1 saturated heterocycles. The molecule has 1 fully saturated rings. The van der Waals surface area contributed by atoms with Crippen LogP contribution in [0.25, 0.3) is 0 Å². The average molecular weight is 270 g/mol. The van der Waals surface area contributed by atoms with Gasteiger partial charge in [-0.1, -0.05) is 0 Å². The quantitative estimate of drug-likeness (QED) is 0.900. The average Bonchev–Trinajstić information content (AvgIpc) is 2.36. The number of piperidine rings is 1. The zero-order valence-corrected chi connectivity index (χ0v) is 10.4. The first-order valence-corrected chi connectivity index (χ1v) is 6.17. The third-order valence-electron chi connectivity index (χ3n) is 3.09. The Hall–Kier alpha value is -1.69. The van der Waals surface area contributed by atoms with Gasteiger partial charge in [0.2, 0.25) is 0 Å². The summed E-state index contributed by atoms with van der Waals surface area (Å²) in [7, 11) is 0. The van der Waals surface area contributed by atoms with E-state index in [0.717, 1.165) is 31.0 Å². The van der Waals surface area contributed by atoms with E-state index >= 15 is 0 Å². The molecular weight excluding hydrogens is 254 g/mol. The number of nitrogens with zero attached hydrogens (tertiary/aromatic N) is 1. The molecule has 1 heterocycles. The van der Waals surface area contributed by atoms with Crippen molar-refractivity contribution in [3.63, 3.8) is 0 Å². The monoisotopic (exact) mass is 270 g/mol. The Labute approximate surface area is 110 Å². The van der Waals surface area contributed by atoms with Gasteiger partial charge in [0.15, 0.2) is 6.61 Å². The third-order valence-corrected chi connectivity index (χ3v) is 3.09. The van der Waals surface area contributed by atoms with Gasteiger partial charge >= 0.3 is 0 Å². The number of likely N-dealkylation sites (tertiary alicyclic amines) is 1. The largest absolute Gasteiger partial charge is 0.484 e. The van der Waals surface area contributed by atoms with Crippen LogP contribution in [-0.2, 0) is 4.79 Å². The molecule has 19 heavy (non-hydrogen) atoms. The molecule has 0 spiro atoms. The Kier molecular flexibility index (Phi) is 4.31. The van der Waals surface area contributed by atoms with Gasteiger partial charge in [-0.3, -0.25) is 4.79 Å². The van der Waals surface area contributed by atoms with Gasteiger partial charge in [-0.2, -0.15) is 0 Å². The molecule has 0 aromatic heterocycles. The first kappa shape index (κ1) is 13.7. The molecule has 0 aliphatic carbocycles. The van der Waals surface area contributed by atoms with Gasteiger partial charge in [0.1, 0.15) is 17.4 Å². The number of carbonyl (C=O) groups is 1. The normalized spacial score (nSPS) is 16.5. The fraction of sp³-hybridized carbons (Fsp3) is 0.462. The van der Waals surface area contributed by atoms with Crippen molar-refractivity contribution in [3.05, 3.63) is 29.8 Å². The molecule has 2 N–H and O–H groups in total. The number of benzene rings is 1. The first-order valence-electron chi connectivity index (χ1n) is 6.17. The van der Waals surface area contributed by atoms with Crippen LogP contribution >= 0.6 is 0 Å². The summed E-state index contributed by atoms with van der Waals surface area (Å²) >= 11 is 0. The van der Waals surface area contributed by atoms with E-state index in [-0.39, 0.29) is 24.3 Å². The lowest BCUT2D eigenvalue weighted by molar-refractivity contribution is -0.134. The summed E-state index contributed by atoms with van der Waals surface area (Å²) in [6, 6.07) is 2.98. The standard InChI is InChI=1S/C13H16F2N2O2/c14-9-5-10(15)7-12(6-9)19-8-13(18)17-3-1-11(16)2-4-17/h5-7,11H,1-4,8,16H2. The highest BCUT2D eigenvalue weighted by Gasteiger charge is 2.20. The predicted octanol–water partition coefficient (Wildman–Crippen LogP) is 1.29. The van der Waals surface area contributed by atoms with Crippen LogP contribution in [0.2, 0.25) is 0 Å². The van der Waals surface area contributed by atoms with Crippen molar-refractivity contribution in [2.24, 2.45) is 5.73 Å². The van der Waals surface area contributed by atoms with Crippen LogP contribution in [0, 0.1) is 11.6 Å². The van der Waals surface area contributed by atoms with E-state index in [1.54, 1.807) is 4.90 Å². The van der Waals surface area contributed by atoms with Crippen molar-refractivity contribution >= 4 is 5.91 Å². The number of amides is 1. The van der Waals surface area contributed by atoms with Crippen LogP contribution in [0.5, 0.6) is 5.75 Å². The lowest BCUT2D eigenvalue weighted by atomic mass is 10.1. The third kappa shape index (κ3) is 3.89. The predicted molar refractivity (Wildman–Crippen MR) is 65.6 cm³/mol. The van der Waals surface area contributed by atoms with Gasteiger partial charge in [0, 0.05) is 37.3 Å². The number of carbonyl (C=O) groups excluding carboxylic acids is 1. The fourth-order valence-electron chi connectivity index (χ4n) is 2.00. The zero-order chi connectivity index (χ0) is 13.8. The van der Waals surface area contributed by atoms with Crippen molar-refractivity contribution in [1.29, 1.82) is 0 Å². The number of ether oxygens (including phenoxy) is 1. The van der Waals surface area contributed by atoms with E-state index in [1.807, 2.05) is 0 Å². The van der Waals surface area contributed by atoms with Crippen LogP contribution in [0.15, 0.2) is 18.2 Å². The highest BCUT2D eigenvalue weighted by molar-refractivity contribution is 5.77. The molecule has 1 aromatic rings. The summed E-state index contributed by atoms with van der Waals surface area (Å²) in [5, 5.41) is 0. The second kappa shape index (κ2) is 5.97. The molecule has 1 aromatic carbocycles. The molecule has 0 saturated carbocycles. The van der Waals surface area contributed by atoms with Crippen LogP contribution in [0.4, 0.5) is 8.78 Å². The van der Waals surface area contributed by atoms with Crippen molar-refractivity contribution in [2.75, 3.05) is 19.7 Å². The molecule has 2 rings (SSSR count). The molecular formula is C13H16F2N2O2. The second-order valence-corrected chi connectivity index (χ2v) is 4.61. The summed E-state index contributed by atoms with van der Waals surface area (Å²) in [5.74, 6) is -1.64. The molecule has 0 atom stereocenters. The molecule has 0 unspecified atom stereocenters. The summed E-state index contributed by atoms with van der Waals surface area (Å²) < 4.78 is 30.9. The minimum atomic E-state index is -0.730. The maximum absolute atomic E-state index is 12.9. The number of halogens is 2. The van der Waals surface area contributed by atoms with E-state index < -0.39 is 11.6 Å². The van der Waals surface area contributed by atoms with E-state index in [2.05, 4.69) is 0 Å². The molecule has 0 radical (unpaired) electrons. The van der Waals surface area contributed by atoms with Crippen LogP contribution in [0.3, 0.4) is 0 Å². The molecule has 104 valence electrons. The van der Waals surface area contributed by atoms with E-state index in [1.165, 1.54) is 0 Å². The van der Waals surface area contributed by atoms with Crippen molar-refractivity contribution in [2.45, 2.75) is 18.9 Å². The molecule has 1 aliphatic rings. The number of hydrogen-bond acceptors (Lipinski definition) is 3. The van der Waals surface area contributed by atoms with Crippen LogP contribution < -0.4 is 10.5 Å². The van der Waals surface area contributed by atoms with Gasteiger partial charge in [-0.25, -0.2) is 8.78 Å². The number of rotatable bonds is 3. The Morgan fingerprint density at radius 3 is 2.42 bits per heavy atom. The Morgan fingerprint density at radius 1 is 1.26 bits per heavy atom. The minimum Gasteiger partial charge on any atom is -0.484 e. The summed E-state index contributed by atoms with van der Waals surface area (Å²) in [4.78, 5) is 13.5. The molecule has 4 nitrogen and oxygen atoms in total. The fourth-order valence-corrected chi connectivity index (χ4v) is 2.00. The topological polar surface area (TPSA) is 55.6 Å². The van der Waals surface area contributed by atoms with E-state index in [4.69, 9.17) is 10.5 Å². The maximum atomic E-state index is 12.9. The van der Waals surface area contributed by atoms with Gasteiger partial charge in [-0.05, 0) is 12.8 Å². The van der Waals surface area contributed by atoms with Crippen molar-refractivity contribution in [3.8, 4) is 5.75 Å². The van der Waals surface area contributed by atoms with Gasteiger partial charge < -0.3 is 15.4 Å². The highest BCUT2D eigenvalue weighted by Crippen LogP contribution is 2.16. The summed E-state index contributed by atoms with van der Waals surface area (Å²) in [5.41, 5.74) is 5.74. The molecule has 0 bridgehead atoms. The van der Waals surface area contributed by atoms with Gasteiger partial charge in [0.25, 0.3) is 5.91 Å². The van der Waals surface area contributed by atoms with E-state index in [9.17, 15) is 13.6 Å². The van der Waals surface area contributed by atoms with Gasteiger partial charge in [0.05, 0.1) is 0 Å². The summed E-state index contributed by atoms with van der Waals surface area (Å²) in [6.07, 6.45) is 1.53. The van der Waals surface area contributed by atoms with E-state index in [0.29, 0.717) is 13.1 Å². The summed E-state index contributed by atoms with van der Waals surface area (Å²) in [6.45, 7) is 0.972.